The summed E-state index contributed by atoms with van der Waals surface area (Å²) in [5.74, 6) is -4.16. The Labute approximate surface area is 248 Å². The van der Waals surface area contributed by atoms with Crippen molar-refractivity contribution in [2.75, 3.05) is 19.0 Å². The number of aliphatic hydroxyl groups excluding tert-OH is 1. The number of alkyl halides is 6. The van der Waals surface area contributed by atoms with E-state index in [0.717, 1.165) is 36.6 Å². The zero-order chi connectivity index (χ0) is 32.0. The summed E-state index contributed by atoms with van der Waals surface area (Å²) in [7, 11) is 1.24. The fraction of sp³-hybridized carbons (Fsp3) is 0.419. The highest BCUT2D eigenvalue weighted by Gasteiger charge is 2.55. The Morgan fingerprint density at radius 2 is 1.70 bits per heavy atom. The molecule has 0 aliphatic heterocycles. The number of halogens is 7. The van der Waals surface area contributed by atoms with E-state index in [4.69, 9.17) is 9.84 Å². The monoisotopic (exact) mass is 626 g/mol. The van der Waals surface area contributed by atoms with Gasteiger partial charge >= 0.3 is 12.4 Å². The molecule has 4 atom stereocenters. The maximum atomic E-state index is 13.8. The summed E-state index contributed by atoms with van der Waals surface area (Å²) in [6.07, 6.45) is -3.97. The van der Waals surface area contributed by atoms with Crippen LogP contribution >= 0.6 is 0 Å². The first-order chi connectivity index (χ1) is 20.7. The zero-order valence-electron chi connectivity index (χ0n) is 23.4. The summed E-state index contributed by atoms with van der Waals surface area (Å²) in [5.41, 5.74) is -2.61. The molecule has 0 heterocycles. The smallest absolute Gasteiger partial charge is 0.419 e. The highest BCUT2D eigenvalue weighted by Crippen LogP contribution is 2.54. The Kier molecular flexibility index (Phi) is 8.54. The molecule has 0 radical (unpaired) electrons. The van der Waals surface area contributed by atoms with Gasteiger partial charge in [-0.1, -0.05) is 17.7 Å². The molecule has 3 aliphatic rings. The lowest BCUT2D eigenvalue weighted by molar-refractivity contribution is -0.140. The molecule has 2 amide bonds. The van der Waals surface area contributed by atoms with Crippen LogP contribution in [0.25, 0.3) is 5.57 Å². The van der Waals surface area contributed by atoms with E-state index < -0.39 is 59.7 Å². The number of benzene rings is 2. The second kappa shape index (κ2) is 11.9. The number of allylic oxidation sites excluding steroid dienone is 2. The van der Waals surface area contributed by atoms with Crippen LogP contribution in [0.2, 0.25) is 0 Å². The lowest BCUT2D eigenvalue weighted by atomic mass is 9.83. The second-order valence-corrected chi connectivity index (χ2v) is 11.2. The summed E-state index contributed by atoms with van der Waals surface area (Å²) in [6, 6.07) is 4.59. The van der Waals surface area contributed by atoms with E-state index in [2.05, 4.69) is 16.7 Å². The van der Waals surface area contributed by atoms with Crippen molar-refractivity contribution in [2.24, 2.45) is 23.7 Å². The highest BCUT2D eigenvalue weighted by atomic mass is 19.4. The minimum Gasteiger partial charge on any atom is -0.496 e. The normalized spacial score (nSPS) is 24.5. The molecule has 5 rings (SSSR count). The maximum Gasteiger partial charge on any atom is 0.419 e. The summed E-state index contributed by atoms with van der Waals surface area (Å²) in [5, 5.41) is 14.4. The third kappa shape index (κ3) is 6.33. The second-order valence-electron chi connectivity index (χ2n) is 11.2. The molecule has 6 nitrogen and oxygen atoms in total. The van der Waals surface area contributed by atoms with Crippen LogP contribution in [0.5, 0.6) is 5.75 Å². The molecule has 0 aromatic heterocycles. The van der Waals surface area contributed by atoms with E-state index in [0.29, 0.717) is 37.0 Å². The number of hydrogen-bond donors (Lipinski definition) is 3. The van der Waals surface area contributed by atoms with E-state index >= 15 is 0 Å². The van der Waals surface area contributed by atoms with Crippen LogP contribution in [0.1, 0.15) is 47.2 Å². The largest absolute Gasteiger partial charge is 0.496 e. The Morgan fingerprint density at radius 1 is 1.00 bits per heavy atom. The van der Waals surface area contributed by atoms with Crippen LogP contribution < -0.4 is 15.4 Å². The van der Waals surface area contributed by atoms with Crippen LogP contribution in [0.3, 0.4) is 0 Å². The van der Waals surface area contributed by atoms with E-state index in [9.17, 15) is 40.3 Å². The fourth-order valence-corrected chi connectivity index (χ4v) is 6.38. The van der Waals surface area contributed by atoms with Gasteiger partial charge in [0.05, 0.1) is 36.3 Å². The van der Waals surface area contributed by atoms with Gasteiger partial charge in [0.25, 0.3) is 5.91 Å². The lowest BCUT2D eigenvalue weighted by Gasteiger charge is -2.30. The molecule has 3 fully saturated rings. The Morgan fingerprint density at radius 3 is 2.32 bits per heavy atom. The summed E-state index contributed by atoms with van der Waals surface area (Å²) < 4.78 is 100.0. The number of carbonyl (C=O) groups is 2. The molecule has 0 saturated heterocycles. The molecule has 13 heteroatoms. The van der Waals surface area contributed by atoms with Crippen LogP contribution in [0.15, 0.2) is 54.1 Å². The van der Waals surface area contributed by atoms with Crippen molar-refractivity contribution >= 4 is 23.1 Å². The summed E-state index contributed by atoms with van der Waals surface area (Å²) in [4.78, 5) is 27.3. The molecule has 236 valence electrons. The van der Waals surface area contributed by atoms with Gasteiger partial charge in [-0.3, -0.25) is 9.59 Å². The molecule has 0 spiro atoms. The number of fused-ring (bicyclic) bond motifs is 2. The molecular formula is C31H29F7N2O4. The fourth-order valence-electron chi connectivity index (χ4n) is 6.38. The average Bonchev–Trinajstić information content (AvgIpc) is 3.63. The minimum atomic E-state index is -4.99. The first-order valence-corrected chi connectivity index (χ1v) is 14.0. The molecule has 3 N–H and O–H groups in total. The summed E-state index contributed by atoms with van der Waals surface area (Å²) in [6.45, 7) is -0.890. The van der Waals surface area contributed by atoms with Gasteiger partial charge in [0, 0.05) is 17.6 Å². The number of carbonyl (C=O) groups excluding carboxylic acids is 2. The van der Waals surface area contributed by atoms with Gasteiger partial charge in [-0.05, 0) is 79.5 Å². The van der Waals surface area contributed by atoms with E-state index in [1.54, 1.807) is 0 Å². The Balaban J connectivity index is 1.47. The van der Waals surface area contributed by atoms with E-state index in [1.807, 2.05) is 0 Å². The van der Waals surface area contributed by atoms with Crippen molar-refractivity contribution in [3.8, 4) is 5.75 Å². The predicted octanol–water partition coefficient (Wildman–Crippen LogP) is 6.52. The molecule has 2 bridgehead atoms. The molecule has 3 saturated carbocycles. The third-order valence-corrected chi connectivity index (χ3v) is 8.44. The van der Waals surface area contributed by atoms with Crippen LogP contribution in [-0.2, 0) is 11.0 Å². The SMILES string of the molecule is COc1ccc(/C(=C/CO)C(F)(F)F)cc1C(=O)N[C@H]1[C@@H](C(=O)Nc2ccc(F)c(C(F)(F)F)c2)[C@H]2CC[C@@H]1/C2=C\C1CC1. The van der Waals surface area contributed by atoms with Gasteiger partial charge in [0.15, 0.2) is 0 Å². The molecular weight excluding hydrogens is 597 g/mol. The lowest BCUT2D eigenvalue weighted by Crippen LogP contribution is -2.48. The first kappa shape index (κ1) is 31.6. The molecule has 3 aliphatic carbocycles. The van der Waals surface area contributed by atoms with Crippen molar-refractivity contribution in [2.45, 2.75) is 44.1 Å². The number of aliphatic hydroxyl groups is 1. The van der Waals surface area contributed by atoms with E-state index in [1.165, 1.54) is 13.2 Å². The molecule has 44 heavy (non-hydrogen) atoms. The van der Waals surface area contributed by atoms with Crippen LogP contribution in [0.4, 0.5) is 36.4 Å². The van der Waals surface area contributed by atoms with Crippen molar-refractivity contribution < 1.29 is 50.2 Å². The van der Waals surface area contributed by atoms with Crippen molar-refractivity contribution in [1.82, 2.24) is 5.32 Å². The third-order valence-electron chi connectivity index (χ3n) is 8.44. The van der Waals surface area contributed by atoms with Gasteiger partial charge < -0.3 is 20.5 Å². The van der Waals surface area contributed by atoms with Crippen LogP contribution in [-0.4, -0.2) is 42.9 Å². The maximum absolute atomic E-state index is 13.8. The number of methoxy groups -OCH3 is 1. The number of nitrogens with one attached hydrogen (secondary N) is 2. The van der Waals surface area contributed by atoms with Gasteiger partial charge in [-0.2, -0.15) is 26.3 Å². The predicted molar refractivity (Wildman–Crippen MR) is 146 cm³/mol. The average molecular weight is 627 g/mol. The van der Waals surface area contributed by atoms with Crippen molar-refractivity contribution in [1.29, 1.82) is 0 Å². The number of hydrogen-bond acceptors (Lipinski definition) is 4. The quantitative estimate of drug-likeness (QED) is 0.230. The number of amides is 2. The van der Waals surface area contributed by atoms with Crippen LogP contribution in [0, 0.1) is 29.5 Å². The standard InChI is InChI=1S/C31H29F7N2O4/c1-44-25-9-4-16(22(10-11-41)30(33,34)35)13-21(25)28(42)40-27-19-7-6-18(20(19)12-15-2-3-15)26(27)29(43)39-17-5-8-24(32)23(14-17)31(36,37)38/h4-5,8-10,12-15,18-19,26-27,41H,2-3,6-7,11H2,1H3,(H,39,43)(H,40,42)/b20-12-,22-10-/t18-,19+,26-,27+/m0/s1. The van der Waals surface area contributed by atoms with Gasteiger partial charge in [0.1, 0.15) is 11.6 Å². The Bertz CT molecular complexity index is 1510. The topological polar surface area (TPSA) is 87.7 Å². The number of anilines is 1. The molecule has 2 aromatic carbocycles. The number of ether oxygens (including phenoxy) is 1. The zero-order valence-corrected chi connectivity index (χ0v) is 23.4. The molecule has 0 unspecified atom stereocenters. The van der Waals surface area contributed by atoms with Crippen molar-refractivity contribution in [3.63, 3.8) is 0 Å². The highest BCUT2D eigenvalue weighted by molar-refractivity contribution is 6.00. The summed E-state index contributed by atoms with van der Waals surface area (Å²) >= 11 is 0. The van der Waals surface area contributed by atoms with Gasteiger partial charge in [0.2, 0.25) is 5.91 Å². The van der Waals surface area contributed by atoms with Gasteiger partial charge in [-0.15, -0.1) is 0 Å². The van der Waals surface area contributed by atoms with Gasteiger partial charge in [-0.25, -0.2) is 4.39 Å². The van der Waals surface area contributed by atoms with Crippen molar-refractivity contribution in [3.05, 3.63) is 76.6 Å². The molecule has 2 aromatic rings. The van der Waals surface area contributed by atoms with E-state index in [-0.39, 0.29) is 34.4 Å². The number of rotatable bonds is 8. The Hall–Kier alpha value is -3.87. The minimum absolute atomic E-state index is 0.0272. The first-order valence-electron chi connectivity index (χ1n) is 14.0.